The Morgan fingerprint density at radius 1 is 1.10 bits per heavy atom. The Morgan fingerprint density at radius 3 is 2.45 bits per heavy atom. The highest BCUT2D eigenvalue weighted by atomic mass is 127. The average molecular weight is 824 g/mol. The molecule has 0 N–H and O–H groups in total. The molecular formula is C32H28ClI2N3O3S. The first kappa shape index (κ1) is 31.0. The molecule has 0 bridgehead atoms. The number of carbonyl (C=O) groups excluding carboxylic acids is 1. The molecular weight excluding hydrogens is 796 g/mol. The third-order valence-corrected chi connectivity index (χ3v) is 9.70. The molecule has 10 heteroatoms. The quantitative estimate of drug-likeness (QED) is 0.190. The van der Waals surface area contributed by atoms with Gasteiger partial charge in [0.25, 0.3) is 11.5 Å². The molecule has 216 valence electrons. The van der Waals surface area contributed by atoms with Crippen molar-refractivity contribution in [2.45, 2.75) is 33.4 Å². The summed E-state index contributed by atoms with van der Waals surface area (Å²) >= 11 is 12.1. The Morgan fingerprint density at radius 2 is 1.79 bits per heavy atom. The Bertz CT molecular complexity index is 1850. The number of hydrogen-bond donors (Lipinski definition) is 0. The maximum Gasteiger partial charge on any atom is 0.271 e. The van der Waals surface area contributed by atoms with E-state index in [1.807, 2.05) is 75.4 Å². The normalized spacial score (nSPS) is 14.9. The van der Waals surface area contributed by atoms with E-state index < -0.39 is 6.04 Å². The number of allylic oxidation sites excluding steroid dienone is 1. The average Bonchev–Trinajstić information content (AvgIpc) is 3.27. The van der Waals surface area contributed by atoms with Gasteiger partial charge in [-0.05, 0) is 107 Å². The highest BCUT2D eigenvalue weighted by molar-refractivity contribution is 14.1. The largest absolute Gasteiger partial charge is 0.487 e. The van der Waals surface area contributed by atoms with Crippen LogP contribution in [0.4, 0.5) is 0 Å². The summed E-state index contributed by atoms with van der Waals surface area (Å²) in [4.78, 5) is 35.1. The Hall–Kier alpha value is -2.48. The number of likely N-dealkylation sites (N-methyl/N-ethyl adjacent to an activating group) is 1. The van der Waals surface area contributed by atoms with Crippen molar-refractivity contribution in [1.82, 2.24) is 9.47 Å². The van der Waals surface area contributed by atoms with Crippen molar-refractivity contribution < 1.29 is 9.53 Å². The van der Waals surface area contributed by atoms with Gasteiger partial charge in [-0.15, -0.1) is 0 Å². The Balaban J connectivity index is 1.66. The van der Waals surface area contributed by atoms with Gasteiger partial charge in [0.15, 0.2) is 4.80 Å². The topological polar surface area (TPSA) is 63.9 Å². The van der Waals surface area contributed by atoms with Crippen LogP contribution in [0.5, 0.6) is 5.75 Å². The third-order valence-electron chi connectivity index (χ3n) is 7.04. The van der Waals surface area contributed by atoms with E-state index in [1.165, 1.54) is 11.3 Å². The summed E-state index contributed by atoms with van der Waals surface area (Å²) < 4.78 is 10.4. The summed E-state index contributed by atoms with van der Waals surface area (Å²) in [6.45, 7) is 7.26. The van der Waals surface area contributed by atoms with Gasteiger partial charge in [0.05, 0.1) is 25.4 Å². The molecule has 0 aliphatic carbocycles. The molecule has 0 unspecified atom stereocenters. The van der Waals surface area contributed by atoms with E-state index >= 15 is 0 Å². The van der Waals surface area contributed by atoms with E-state index in [2.05, 4.69) is 51.2 Å². The van der Waals surface area contributed by atoms with E-state index in [-0.39, 0.29) is 11.5 Å². The Labute approximate surface area is 280 Å². The molecule has 1 aliphatic rings. The fraction of sp³-hybridized carbons (Fsp3) is 0.219. The molecule has 1 aliphatic heterocycles. The first-order valence-electron chi connectivity index (χ1n) is 13.4. The van der Waals surface area contributed by atoms with Gasteiger partial charge < -0.3 is 9.64 Å². The lowest BCUT2D eigenvalue weighted by atomic mass is 9.94. The van der Waals surface area contributed by atoms with E-state index in [0.29, 0.717) is 51.1 Å². The van der Waals surface area contributed by atoms with Gasteiger partial charge in [-0.3, -0.25) is 14.2 Å². The number of carbonyl (C=O) groups is 1. The van der Waals surface area contributed by atoms with Gasteiger partial charge >= 0.3 is 0 Å². The standard InChI is InChI=1S/C32H28ClI2N3O3S/c1-4-37(5-2)31(40)27-19(3)36-32-38(28(27)21-11-13-23(33)14-12-21)30(39)26(42-32)16-22-15-24(34)17-25(35)29(22)41-18-20-9-7-6-8-10-20/h6-17,28H,4-5,18H2,1-3H3/b26-16+/t28-/m0/s1. The lowest BCUT2D eigenvalue weighted by Crippen LogP contribution is -2.43. The van der Waals surface area contributed by atoms with Gasteiger partial charge in [0.2, 0.25) is 0 Å². The highest BCUT2D eigenvalue weighted by Gasteiger charge is 2.34. The lowest BCUT2D eigenvalue weighted by molar-refractivity contribution is -0.127. The maximum atomic E-state index is 14.2. The van der Waals surface area contributed by atoms with Crippen molar-refractivity contribution in [3.63, 3.8) is 0 Å². The zero-order valence-corrected chi connectivity index (χ0v) is 29.1. The highest BCUT2D eigenvalue weighted by Crippen LogP contribution is 2.33. The molecule has 0 saturated carbocycles. The first-order chi connectivity index (χ1) is 20.2. The van der Waals surface area contributed by atoms with Crippen LogP contribution in [0.1, 0.15) is 43.5 Å². The molecule has 1 atom stereocenters. The molecule has 5 rings (SSSR count). The van der Waals surface area contributed by atoms with Crippen LogP contribution in [0.25, 0.3) is 6.08 Å². The van der Waals surface area contributed by atoms with Gasteiger partial charge in [-0.2, -0.15) is 0 Å². The van der Waals surface area contributed by atoms with Crippen LogP contribution in [-0.2, 0) is 11.4 Å². The minimum absolute atomic E-state index is 0.126. The molecule has 0 saturated heterocycles. The second kappa shape index (κ2) is 13.4. The number of hydrogen-bond acceptors (Lipinski definition) is 5. The van der Waals surface area contributed by atoms with Gasteiger partial charge in [0.1, 0.15) is 12.4 Å². The van der Waals surface area contributed by atoms with Gasteiger partial charge in [-0.25, -0.2) is 4.99 Å². The number of fused-ring (bicyclic) bond motifs is 1. The van der Waals surface area contributed by atoms with Crippen molar-refractivity contribution in [3.8, 4) is 5.75 Å². The molecule has 0 fully saturated rings. The number of amides is 1. The predicted molar refractivity (Wildman–Crippen MR) is 186 cm³/mol. The summed E-state index contributed by atoms with van der Waals surface area (Å²) in [6, 6.07) is 20.7. The van der Waals surface area contributed by atoms with Crippen LogP contribution in [0.3, 0.4) is 0 Å². The molecule has 4 aromatic rings. The second-order valence-electron chi connectivity index (χ2n) is 9.69. The van der Waals surface area contributed by atoms with E-state index in [9.17, 15) is 9.59 Å². The number of rotatable bonds is 8. The number of nitrogens with zero attached hydrogens (tertiary/aromatic N) is 3. The van der Waals surface area contributed by atoms with E-state index in [1.54, 1.807) is 21.6 Å². The molecule has 0 spiro atoms. The molecule has 1 aromatic heterocycles. The van der Waals surface area contributed by atoms with Crippen molar-refractivity contribution >= 4 is 80.1 Å². The fourth-order valence-corrected chi connectivity index (χ4v) is 8.16. The maximum absolute atomic E-state index is 14.2. The monoisotopic (exact) mass is 823 g/mol. The number of thiazole rings is 1. The molecule has 3 aromatic carbocycles. The molecule has 6 nitrogen and oxygen atoms in total. The molecule has 1 amide bonds. The van der Waals surface area contributed by atoms with Crippen LogP contribution in [0, 0.1) is 7.14 Å². The Kier molecular flexibility index (Phi) is 9.91. The zero-order chi connectivity index (χ0) is 30.0. The van der Waals surface area contributed by atoms with Gasteiger partial charge in [-0.1, -0.05) is 65.4 Å². The smallest absolute Gasteiger partial charge is 0.271 e. The predicted octanol–water partition coefficient (Wildman–Crippen LogP) is 6.55. The van der Waals surface area contributed by atoms with E-state index in [0.717, 1.165) is 23.8 Å². The summed E-state index contributed by atoms with van der Waals surface area (Å²) in [6.07, 6.45) is 1.87. The summed E-state index contributed by atoms with van der Waals surface area (Å²) in [7, 11) is 0. The van der Waals surface area contributed by atoms with Crippen LogP contribution >= 0.6 is 68.1 Å². The lowest BCUT2D eigenvalue weighted by Gasteiger charge is -2.29. The first-order valence-corrected chi connectivity index (χ1v) is 16.8. The minimum Gasteiger partial charge on any atom is -0.487 e. The molecule has 0 radical (unpaired) electrons. The number of benzene rings is 3. The molecule has 2 heterocycles. The minimum atomic E-state index is -0.626. The van der Waals surface area contributed by atoms with Gasteiger partial charge in [0, 0.05) is 27.2 Å². The van der Waals surface area contributed by atoms with Crippen molar-refractivity contribution in [2.75, 3.05) is 13.1 Å². The van der Waals surface area contributed by atoms with Crippen molar-refractivity contribution in [3.05, 3.63) is 127 Å². The van der Waals surface area contributed by atoms with Crippen LogP contribution in [-0.4, -0.2) is 28.5 Å². The number of ether oxygens (including phenoxy) is 1. The number of aromatic nitrogens is 1. The fourth-order valence-electron chi connectivity index (χ4n) is 4.95. The number of halogens is 3. The van der Waals surface area contributed by atoms with Crippen LogP contribution in [0.2, 0.25) is 5.02 Å². The zero-order valence-electron chi connectivity index (χ0n) is 23.2. The van der Waals surface area contributed by atoms with Crippen molar-refractivity contribution in [1.29, 1.82) is 0 Å². The summed E-state index contributed by atoms with van der Waals surface area (Å²) in [5, 5.41) is 0.583. The van der Waals surface area contributed by atoms with E-state index in [4.69, 9.17) is 21.3 Å². The van der Waals surface area contributed by atoms with Crippen molar-refractivity contribution in [2.24, 2.45) is 4.99 Å². The molecule has 42 heavy (non-hydrogen) atoms. The SMILES string of the molecule is CCN(CC)C(=O)C1=C(C)N=c2s/c(=C/c3cc(I)cc(I)c3OCc3ccccc3)c(=O)n2[C@H]1c1ccc(Cl)cc1. The summed E-state index contributed by atoms with van der Waals surface area (Å²) in [5.41, 5.74) is 3.56. The van der Waals surface area contributed by atoms with Crippen LogP contribution in [0.15, 0.2) is 87.8 Å². The van der Waals surface area contributed by atoms with Crippen LogP contribution < -0.4 is 19.6 Å². The summed E-state index contributed by atoms with van der Waals surface area (Å²) in [5.74, 6) is 0.591. The second-order valence-corrected chi connectivity index (χ2v) is 13.5. The third kappa shape index (κ3) is 6.39.